The molecule has 0 spiro atoms. The van der Waals surface area contributed by atoms with Crippen molar-refractivity contribution < 1.29 is 14.2 Å². The van der Waals surface area contributed by atoms with Gasteiger partial charge >= 0.3 is 0 Å². The molecule has 16 heavy (non-hydrogen) atoms. The Morgan fingerprint density at radius 2 is 2.25 bits per heavy atom. The van der Waals surface area contributed by atoms with Gasteiger partial charge in [0.2, 0.25) is 0 Å². The van der Waals surface area contributed by atoms with E-state index < -0.39 is 6.10 Å². The zero-order chi connectivity index (χ0) is 12.0. The van der Waals surface area contributed by atoms with Crippen molar-refractivity contribution in [1.29, 1.82) is 0 Å². The number of hydrogen-bond donors (Lipinski definition) is 1. The largest absolute Gasteiger partial charge is 0.393 e. The van der Waals surface area contributed by atoms with Gasteiger partial charge < -0.3 is 9.84 Å². The third kappa shape index (κ3) is 4.08. The van der Waals surface area contributed by atoms with Gasteiger partial charge in [-0.15, -0.1) is 0 Å². The van der Waals surface area contributed by atoms with Crippen LogP contribution in [0.1, 0.15) is 18.4 Å². The highest BCUT2D eigenvalue weighted by Crippen LogP contribution is 2.21. The van der Waals surface area contributed by atoms with Crippen LogP contribution in [0.3, 0.4) is 0 Å². The van der Waals surface area contributed by atoms with Gasteiger partial charge in [0.1, 0.15) is 5.82 Å². The van der Waals surface area contributed by atoms with Gasteiger partial charge in [-0.05, 0) is 25.0 Å². The van der Waals surface area contributed by atoms with E-state index in [0.29, 0.717) is 23.6 Å². The molecule has 0 heterocycles. The Balaban J connectivity index is 2.52. The fourth-order valence-electron chi connectivity index (χ4n) is 1.53. The third-order valence-corrected chi connectivity index (χ3v) is 2.74. The summed E-state index contributed by atoms with van der Waals surface area (Å²) < 4.78 is 18.3. The Morgan fingerprint density at radius 1 is 1.50 bits per heavy atom. The lowest BCUT2D eigenvalue weighted by atomic mass is 10.0. The molecule has 0 fully saturated rings. The van der Waals surface area contributed by atoms with Crippen LogP contribution in [0, 0.1) is 5.82 Å². The van der Waals surface area contributed by atoms with Gasteiger partial charge in [-0.1, -0.05) is 17.7 Å². The monoisotopic (exact) mass is 246 g/mol. The van der Waals surface area contributed by atoms with Crippen LogP contribution < -0.4 is 0 Å². The standard InChI is InChI=1S/C12H16ClFO2/c1-16-7-3-4-9(15)8-10-11(13)5-2-6-12(10)14/h2,5-6,9,15H,3-4,7-8H2,1H3. The molecule has 0 aromatic heterocycles. The van der Waals surface area contributed by atoms with E-state index in [-0.39, 0.29) is 12.2 Å². The zero-order valence-electron chi connectivity index (χ0n) is 9.25. The van der Waals surface area contributed by atoms with Crippen LogP contribution in [0.4, 0.5) is 4.39 Å². The predicted molar refractivity (Wildman–Crippen MR) is 62.2 cm³/mol. The highest BCUT2D eigenvalue weighted by Gasteiger charge is 2.12. The summed E-state index contributed by atoms with van der Waals surface area (Å²) in [6, 6.07) is 4.53. The fraction of sp³-hybridized carbons (Fsp3) is 0.500. The van der Waals surface area contributed by atoms with Crippen LogP contribution in [-0.2, 0) is 11.2 Å². The molecule has 1 atom stereocenters. The lowest BCUT2D eigenvalue weighted by Crippen LogP contribution is -2.12. The Bertz CT molecular complexity index is 311. The first-order valence-electron chi connectivity index (χ1n) is 5.25. The van der Waals surface area contributed by atoms with Crippen molar-refractivity contribution in [3.05, 3.63) is 34.6 Å². The molecule has 0 radical (unpaired) electrons. The number of halogens is 2. The Morgan fingerprint density at radius 3 is 2.88 bits per heavy atom. The Labute approximate surface area is 100.0 Å². The Hall–Kier alpha value is -0.640. The number of ether oxygens (including phenoxy) is 1. The van der Waals surface area contributed by atoms with E-state index in [0.717, 1.165) is 6.42 Å². The molecule has 0 bridgehead atoms. The third-order valence-electron chi connectivity index (χ3n) is 2.39. The molecule has 1 aromatic rings. The van der Waals surface area contributed by atoms with Gasteiger partial charge in [-0.3, -0.25) is 0 Å². The minimum Gasteiger partial charge on any atom is -0.393 e. The summed E-state index contributed by atoms with van der Waals surface area (Å²) in [5, 5.41) is 10.1. The predicted octanol–water partition coefficient (Wildman–Crippen LogP) is 2.81. The van der Waals surface area contributed by atoms with Crippen molar-refractivity contribution in [3.8, 4) is 0 Å². The smallest absolute Gasteiger partial charge is 0.127 e. The molecule has 1 rings (SSSR count). The van der Waals surface area contributed by atoms with Crippen molar-refractivity contribution >= 4 is 11.6 Å². The second-order valence-electron chi connectivity index (χ2n) is 3.69. The molecular weight excluding hydrogens is 231 g/mol. The molecule has 0 amide bonds. The van der Waals surface area contributed by atoms with E-state index in [1.165, 1.54) is 6.07 Å². The van der Waals surface area contributed by atoms with Gasteiger partial charge in [-0.2, -0.15) is 0 Å². The minimum atomic E-state index is -0.579. The summed E-state index contributed by atoms with van der Waals surface area (Å²) in [7, 11) is 1.61. The van der Waals surface area contributed by atoms with Crippen LogP contribution in [0.2, 0.25) is 5.02 Å². The molecule has 1 aromatic carbocycles. The van der Waals surface area contributed by atoms with Crippen LogP contribution >= 0.6 is 11.6 Å². The molecule has 1 N–H and O–H groups in total. The average Bonchev–Trinajstić information content (AvgIpc) is 2.24. The first kappa shape index (κ1) is 13.4. The molecule has 0 aliphatic carbocycles. The van der Waals surface area contributed by atoms with Crippen molar-refractivity contribution in [1.82, 2.24) is 0 Å². The van der Waals surface area contributed by atoms with Gasteiger partial charge in [0.15, 0.2) is 0 Å². The minimum absolute atomic E-state index is 0.245. The summed E-state index contributed by atoms with van der Waals surface area (Å²) in [5.41, 5.74) is 0.383. The molecule has 4 heteroatoms. The van der Waals surface area contributed by atoms with Gasteiger partial charge in [0, 0.05) is 30.7 Å². The number of aliphatic hydroxyl groups excluding tert-OH is 1. The summed E-state index contributed by atoms with van der Waals surface area (Å²) in [6.07, 6.45) is 1.00. The van der Waals surface area contributed by atoms with Crippen molar-refractivity contribution in [3.63, 3.8) is 0 Å². The summed E-state index contributed by atoms with van der Waals surface area (Å²) in [4.78, 5) is 0. The molecule has 0 saturated heterocycles. The van der Waals surface area contributed by atoms with Gasteiger partial charge in [0.25, 0.3) is 0 Å². The lowest BCUT2D eigenvalue weighted by molar-refractivity contribution is 0.134. The maximum Gasteiger partial charge on any atom is 0.127 e. The van der Waals surface area contributed by atoms with Crippen LogP contribution in [-0.4, -0.2) is 24.9 Å². The number of rotatable bonds is 6. The number of aliphatic hydroxyl groups is 1. The summed E-state index contributed by atoms with van der Waals surface area (Å²) in [5.74, 6) is -0.363. The molecule has 2 nitrogen and oxygen atoms in total. The normalized spacial score (nSPS) is 12.8. The average molecular weight is 247 g/mol. The van der Waals surface area contributed by atoms with E-state index in [1.54, 1.807) is 19.2 Å². The van der Waals surface area contributed by atoms with E-state index in [9.17, 15) is 9.50 Å². The van der Waals surface area contributed by atoms with E-state index in [1.807, 2.05) is 0 Å². The number of benzene rings is 1. The maximum absolute atomic E-state index is 13.4. The maximum atomic E-state index is 13.4. The summed E-state index contributed by atoms with van der Waals surface area (Å²) >= 11 is 5.86. The SMILES string of the molecule is COCCCC(O)Cc1c(F)cccc1Cl. The first-order valence-corrected chi connectivity index (χ1v) is 5.63. The van der Waals surface area contributed by atoms with E-state index in [4.69, 9.17) is 16.3 Å². The molecule has 0 saturated carbocycles. The summed E-state index contributed by atoms with van der Waals surface area (Å²) in [6.45, 7) is 0.599. The van der Waals surface area contributed by atoms with Crippen molar-refractivity contribution in [2.45, 2.75) is 25.4 Å². The van der Waals surface area contributed by atoms with Crippen molar-refractivity contribution in [2.24, 2.45) is 0 Å². The molecule has 1 unspecified atom stereocenters. The van der Waals surface area contributed by atoms with Gasteiger partial charge in [-0.25, -0.2) is 4.39 Å². The topological polar surface area (TPSA) is 29.5 Å². The van der Waals surface area contributed by atoms with Crippen LogP contribution in [0.5, 0.6) is 0 Å². The highest BCUT2D eigenvalue weighted by molar-refractivity contribution is 6.31. The number of hydrogen-bond acceptors (Lipinski definition) is 2. The molecular formula is C12H16ClFO2. The first-order chi connectivity index (χ1) is 7.65. The number of methoxy groups -OCH3 is 1. The van der Waals surface area contributed by atoms with E-state index >= 15 is 0 Å². The molecule has 90 valence electrons. The Kier molecular flexibility index (Phi) is 5.74. The van der Waals surface area contributed by atoms with Crippen LogP contribution in [0.25, 0.3) is 0 Å². The quantitative estimate of drug-likeness (QED) is 0.783. The zero-order valence-corrected chi connectivity index (χ0v) is 10.0. The lowest BCUT2D eigenvalue weighted by Gasteiger charge is -2.12. The molecule has 0 aliphatic rings. The van der Waals surface area contributed by atoms with Gasteiger partial charge in [0.05, 0.1) is 6.10 Å². The van der Waals surface area contributed by atoms with Crippen LogP contribution in [0.15, 0.2) is 18.2 Å². The second kappa shape index (κ2) is 6.84. The van der Waals surface area contributed by atoms with E-state index in [2.05, 4.69) is 0 Å². The fourth-order valence-corrected chi connectivity index (χ4v) is 1.77. The van der Waals surface area contributed by atoms with Crippen molar-refractivity contribution in [2.75, 3.05) is 13.7 Å². The molecule has 0 aliphatic heterocycles. The second-order valence-corrected chi connectivity index (χ2v) is 4.10. The highest BCUT2D eigenvalue weighted by atomic mass is 35.5.